The number of fused-ring (bicyclic) bond motifs is 1. The Morgan fingerprint density at radius 3 is 3.12 bits per heavy atom. The van der Waals surface area contributed by atoms with Gasteiger partial charge in [-0.05, 0) is 42.0 Å². The first kappa shape index (κ1) is 9.56. The lowest BCUT2D eigenvalue weighted by Gasteiger charge is -2.06. The molecular weight excluding hydrogens is 198 g/mol. The van der Waals surface area contributed by atoms with Crippen LogP contribution < -0.4 is 5.32 Å². The van der Waals surface area contributed by atoms with E-state index in [0.717, 1.165) is 31.0 Å². The fourth-order valence-electron chi connectivity index (χ4n) is 2.67. The molecule has 0 bridgehead atoms. The van der Waals surface area contributed by atoms with Crippen LogP contribution in [-0.2, 0) is 0 Å². The van der Waals surface area contributed by atoms with Gasteiger partial charge in [0.1, 0.15) is 6.07 Å². The molecule has 1 aliphatic carbocycles. The van der Waals surface area contributed by atoms with E-state index in [4.69, 9.17) is 5.26 Å². The third kappa shape index (κ3) is 1.52. The third-order valence-electron chi connectivity index (χ3n) is 3.53. The molecule has 0 radical (unpaired) electrons. The van der Waals surface area contributed by atoms with Gasteiger partial charge in [0.05, 0.1) is 5.56 Å². The minimum absolute atomic E-state index is 0.647. The smallest absolute Gasteiger partial charge is 0.101 e. The summed E-state index contributed by atoms with van der Waals surface area (Å²) in [6, 6.07) is 4.08. The standard InChI is InChI=1S/C13H13N3/c14-4-9-1-11(6-15-5-9)10-2-12-7-16-8-13(12)3-10/h1-2,5-6,12-13,16H,3,7-8H2. The van der Waals surface area contributed by atoms with E-state index in [1.807, 2.05) is 12.3 Å². The zero-order valence-corrected chi connectivity index (χ0v) is 8.98. The van der Waals surface area contributed by atoms with Gasteiger partial charge >= 0.3 is 0 Å². The molecule has 3 nitrogen and oxygen atoms in total. The maximum Gasteiger partial charge on any atom is 0.101 e. The summed E-state index contributed by atoms with van der Waals surface area (Å²) in [5, 5.41) is 12.3. The van der Waals surface area contributed by atoms with E-state index in [1.165, 1.54) is 5.57 Å². The molecule has 2 aliphatic rings. The molecule has 80 valence electrons. The first-order valence-electron chi connectivity index (χ1n) is 5.64. The van der Waals surface area contributed by atoms with Crippen molar-refractivity contribution < 1.29 is 0 Å². The fourth-order valence-corrected chi connectivity index (χ4v) is 2.67. The quantitative estimate of drug-likeness (QED) is 0.767. The van der Waals surface area contributed by atoms with Crippen molar-refractivity contribution in [2.45, 2.75) is 6.42 Å². The molecule has 1 N–H and O–H groups in total. The predicted octanol–water partition coefficient (Wildman–Crippen LogP) is 1.58. The Balaban J connectivity index is 1.91. The second-order valence-electron chi connectivity index (χ2n) is 4.55. The second kappa shape index (κ2) is 3.73. The Labute approximate surface area is 94.8 Å². The topological polar surface area (TPSA) is 48.7 Å². The predicted molar refractivity (Wildman–Crippen MR) is 61.4 cm³/mol. The molecule has 2 unspecified atom stereocenters. The molecule has 1 saturated heterocycles. The van der Waals surface area contributed by atoms with Gasteiger partial charge in [-0.1, -0.05) is 6.08 Å². The number of nitriles is 1. The second-order valence-corrected chi connectivity index (χ2v) is 4.55. The molecule has 2 atom stereocenters. The zero-order chi connectivity index (χ0) is 11.0. The molecule has 0 spiro atoms. The molecule has 0 aromatic carbocycles. The Hall–Kier alpha value is -1.66. The molecule has 1 aromatic rings. The zero-order valence-electron chi connectivity index (χ0n) is 8.98. The lowest BCUT2D eigenvalue weighted by molar-refractivity contribution is 0.536. The van der Waals surface area contributed by atoms with E-state index in [0.29, 0.717) is 11.5 Å². The van der Waals surface area contributed by atoms with Crippen molar-refractivity contribution in [3.05, 3.63) is 35.7 Å². The molecule has 0 amide bonds. The highest BCUT2D eigenvalue weighted by atomic mass is 14.9. The van der Waals surface area contributed by atoms with Crippen molar-refractivity contribution in [2.24, 2.45) is 11.8 Å². The van der Waals surface area contributed by atoms with Crippen molar-refractivity contribution >= 4 is 5.57 Å². The minimum Gasteiger partial charge on any atom is -0.316 e. The molecule has 0 saturated carbocycles. The van der Waals surface area contributed by atoms with Crippen LogP contribution in [0.25, 0.3) is 5.57 Å². The van der Waals surface area contributed by atoms with Gasteiger partial charge in [-0.25, -0.2) is 0 Å². The molecule has 1 fully saturated rings. The van der Waals surface area contributed by atoms with Crippen molar-refractivity contribution in [1.29, 1.82) is 5.26 Å². The number of hydrogen-bond acceptors (Lipinski definition) is 3. The van der Waals surface area contributed by atoms with Crippen LogP contribution in [0.2, 0.25) is 0 Å². The van der Waals surface area contributed by atoms with E-state index in [-0.39, 0.29) is 0 Å². The summed E-state index contributed by atoms with van der Waals surface area (Å²) >= 11 is 0. The first-order valence-corrected chi connectivity index (χ1v) is 5.64. The highest BCUT2D eigenvalue weighted by Crippen LogP contribution is 2.37. The summed E-state index contributed by atoms with van der Waals surface area (Å²) < 4.78 is 0. The van der Waals surface area contributed by atoms with Gasteiger partial charge in [-0.15, -0.1) is 0 Å². The summed E-state index contributed by atoms with van der Waals surface area (Å²) in [6.45, 7) is 2.22. The van der Waals surface area contributed by atoms with E-state index in [9.17, 15) is 0 Å². The van der Waals surface area contributed by atoms with Crippen LogP contribution in [0.1, 0.15) is 17.5 Å². The normalized spacial score (nSPS) is 27.3. The van der Waals surface area contributed by atoms with Crippen LogP contribution in [0.15, 0.2) is 24.5 Å². The highest BCUT2D eigenvalue weighted by molar-refractivity contribution is 5.68. The molecular formula is C13H13N3. The number of pyridine rings is 1. The van der Waals surface area contributed by atoms with Gasteiger partial charge in [-0.3, -0.25) is 4.98 Å². The lowest BCUT2D eigenvalue weighted by atomic mass is 9.98. The van der Waals surface area contributed by atoms with Crippen molar-refractivity contribution in [2.75, 3.05) is 13.1 Å². The Morgan fingerprint density at radius 2 is 2.31 bits per heavy atom. The average Bonchev–Trinajstić information content (AvgIpc) is 2.89. The van der Waals surface area contributed by atoms with Crippen LogP contribution in [0.5, 0.6) is 0 Å². The maximum atomic E-state index is 8.85. The summed E-state index contributed by atoms with van der Waals surface area (Å²) in [7, 11) is 0. The van der Waals surface area contributed by atoms with Crippen LogP contribution in [0.3, 0.4) is 0 Å². The summed E-state index contributed by atoms with van der Waals surface area (Å²) in [5.41, 5.74) is 3.13. The Bertz CT molecular complexity index is 484. The van der Waals surface area contributed by atoms with E-state index in [2.05, 4.69) is 22.4 Å². The van der Waals surface area contributed by atoms with Gasteiger partial charge < -0.3 is 5.32 Å². The largest absolute Gasteiger partial charge is 0.316 e. The number of nitrogens with one attached hydrogen (secondary N) is 1. The fraction of sp³-hybridized carbons (Fsp3) is 0.385. The van der Waals surface area contributed by atoms with Crippen LogP contribution >= 0.6 is 0 Å². The number of nitrogens with zero attached hydrogens (tertiary/aromatic N) is 2. The van der Waals surface area contributed by atoms with E-state index >= 15 is 0 Å². The minimum atomic E-state index is 0.647. The summed E-state index contributed by atoms with van der Waals surface area (Å²) in [6.07, 6.45) is 6.94. The molecule has 1 aromatic heterocycles. The number of hydrogen-bond donors (Lipinski definition) is 1. The molecule has 2 heterocycles. The average molecular weight is 211 g/mol. The molecule has 3 heteroatoms. The van der Waals surface area contributed by atoms with Crippen LogP contribution in [0.4, 0.5) is 0 Å². The molecule has 16 heavy (non-hydrogen) atoms. The monoisotopic (exact) mass is 211 g/mol. The Morgan fingerprint density at radius 1 is 1.38 bits per heavy atom. The van der Waals surface area contributed by atoms with Crippen molar-refractivity contribution in [3.63, 3.8) is 0 Å². The Kier molecular flexibility index (Phi) is 2.23. The van der Waals surface area contributed by atoms with E-state index < -0.39 is 0 Å². The lowest BCUT2D eigenvalue weighted by Crippen LogP contribution is -2.09. The van der Waals surface area contributed by atoms with Gasteiger partial charge in [0.15, 0.2) is 0 Å². The third-order valence-corrected chi connectivity index (χ3v) is 3.53. The SMILES string of the molecule is N#Cc1cncc(C2=CC3CNCC3C2)c1. The number of rotatable bonds is 1. The number of allylic oxidation sites excluding steroid dienone is 1. The molecule has 3 rings (SSSR count). The van der Waals surface area contributed by atoms with Crippen molar-refractivity contribution in [3.8, 4) is 6.07 Å². The summed E-state index contributed by atoms with van der Waals surface area (Å²) in [4.78, 5) is 4.12. The van der Waals surface area contributed by atoms with Crippen LogP contribution in [0, 0.1) is 23.2 Å². The molecule has 1 aliphatic heterocycles. The van der Waals surface area contributed by atoms with Gasteiger partial charge in [0.2, 0.25) is 0 Å². The highest BCUT2D eigenvalue weighted by Gasteiger charge is 2.31. The first-order chi connectivity index (χ1) is 7.86. The summed E-state index contributed by atoms with van der Waals surface area (Å²) in [5.74, 6) is 1.43. The van der Waals surface area contributed by atoms with Crippen molar-refractivity contribution in [1.82, 2.24) is 10.3 Å². The van der Waals surface area contributed by atoms with Crippen LogP contribution in [-0.4, -0.2) is 18.1 Å². The van der Waals surface area contributed by atoms with Gasteiger partial charge in [0, 0.05) is 18.9 Å². The van der Waals surface area contributed by atoms with E-state index in [1.54, 1.807) is 6.20 Å². The maximum absolute atomic E-state index is 8.85. The van der Waals surface area contributed by atoms with Gasteiger partial charge in [0.25, 0.3) is 0 Å². The van der Waals surface area contributed by atoms with Gasteiger partial charge in [-0.2, -0.15) is 5.26 Å². The number of aromatic nitrogens is 1.